The predicted molar refractivity (Wildman–Crippen MR) is 107 cm³/mol. The van der Waals surface area contributed by atoms with E-state index in [0.29, 0.717) is 6.54 Å². The van der Waals surface area contributed by atoms with Crippen molar-refractivity contribution in [3.05, 3.63) is 23.3 Å². The van der Waals surface area contributed by atoms with Crippen LogP contribution in [0.25, 0.3) is 10.2 Å². The second kappa shape index (κ2) is 7.83. The monoisotopic (exact) mass is 359 g/mol. The largest absolute Gasteiger partial charge is 0.308 e. The highest BCUT2D eigenvalue weighted by molar-refractivity contribution is 7.22. The Bertz CT molecular complexity index is 708. The number of hydrogen-bond acceptors (Lipinski definition) is 4. The molecule has 2 aromatic rings. The molecule has 5 heteroatoms. The van der Waals surface area contributed by atoms with Gasteiger partial charge in [-0.1, -0.05) is 30.6 Å². The van der Waals surface area contributed by atoms with Crippen LogP contribution in [0.5, 0.6) is 0 Å². The van der Waals surface area contributed by atoms with E-state index in [2.05, 4.69) is 30.9 Å². The van der Waals surface area contributed by atoms with Crippen LogP contribution in [0.3, 0.4) is 0 Å². The van der Waals surface area contributed by atoms with E-state index in [4.69, 9.17) is 4.98 Å². The van der Waals surface area contributed by atoms with Crippen LogP contribution in [-0.2, 0) is 4.79 Å². The van der Waals surface area contributed by atoms with E-state index in [1.807, 2.05) is 19.0 Å². The minimum absolute atomic E-state index is 0.173. The smallest absolute Gasteiger partial charge is 0.231 e. The van der Waals surface area contributed by atoms with Crippen molar-refractivity contribution < 1.29 is 4.79 Å². The van der Waals surface area contributed by atoms with Crippen molar-refractivity contribution in [2.24, 2.45) is 5.92 Å². The second-order valence-electron chi connectivity index (χ2n) is 7.53. The molecule has 1 heterocycles. The fourth-order valence-corrected chi connectivity index (χ4v) is 4.53. The van der Waals surface area contributed by atoms with Gasteiger partial charge in [-0.05, 0) is 64.0 Å². The number of carbonyl (C=O) groups is 1. The normalized spacial score (nSPS) is 15.9. The van der Waals surface area contributed by atoms with E-state index in [1.165, 1.54) is 35.1 Å². The number of benzene rings is 1. The first-order valence-electron chi connectivity index (χ1n) is 9.29. The molecule has 0 saturated heterocycles. The zero-order valence-electron chi connectivity index (χ0n) is 15.8. The standard InChI is InChI=1S/C20H29N3OS/c1-14-12-17-18(13-15(14)2)25-20(21-17)23(11-10-22(3)4)19(24)16-8-6-5-7-9-16/h12-13,16H,5-11H2,1-4H3. The number of hydrogen-bond donors (Lipinski definition) is 0. The number of rotatable bonds is 5. The topological polar surface area (TPSA) is 36.4 Å². The third kappa shape index (κ3) is 4.21. The Morgan fingerprint density at radius 1 is 1.12 bits per heavy atom. The van der Waals surface area contributed by atoms with E-state index >= 15 is 0 Å². The van der Waals surface area contributed by atoms with Gasteiger partial charge in [0.25, 0.3) is 0 Å². The summed E-state index contributed by atoms with van der Waals surface area (Å²) in [5, 5.41) is 0.859. The molecule has 0 aliphatic heterocycles. The van der Waals surface area contributed by atoms with E-state index in [-0.39, 0.29) is 11.8 Å². The molecule has 4 nitrogen and oxygen atoms in total. The van der Waals surface area contributed by atoms with Gasteiger partial charge in [-0.15, -0.1) is 0 Å². The molecule has 25 heavy (non-hydrogen) atoms. The third-order valence-electron chi connectivity index (χ3n) is 5.21. The van der Waals surface area contributed by atoms with Crippen LogP contribution in [0.2, 0.25) is 0 Å². The summed E-state index contributed by atoms with van der Waals surface area (Å²) in [7, 11) is 4.10. The first-order valence-corrected chi connectivity index (χ1v) is 10.1. The van der Waals surface area contributed by atoms with E-state index in [9.17, 15) is 4.79 Å². The van der Waals surface area contributed by atoms with Crippen LogP contribution in [0, 0.1) is 19.8 Å². The lowest BCUT2D eigenvalue weighted by atomic mass is 9.88. The van der Waals surface area contributed by atoms with Crippen LogP contribution in [0.1, 0.15) is 43.2 Å². The lowest BCUT2D eigenvalue weighted by Gasteiger charge is -2.28. The van der Waals surface area contributed by atoms with Crippen LogP contribution < -0.4 is 4.90 Å². The van der Waals surface area contributed by atoms with E-state index in [1.54, 1.807) is 11.3 Å². The summed E-state index contributed by atoms with van der Waals surface area (Å²) in [4.78, 5) is 22.1. The van der Waals surface area contributed by atoms with Crippen molar-refractivity contribution in [2.45, 2.75) is 46.0 Å². The van der Waals surface area contributed by atoms with Crippen LogP contribution in [0.15, 0.2) is 12.1 Å². The Kier molecular flexibility index (Phi) is 5.74. The fraction of sp³-hybridized carbons (Fsp3) is 0.600. The summed E-state index contributed by atoms with van der Waals surface area (Å²) >= 11 is 1.65. The maximum Gasteiger partial charge on any atom is 0.231 e. The van der Waals surface area contributed by atoms with Crippen molar-refractivity contribution in [2.75, 3.05) is 32.1 Å². The predicted octanol–water partition coefficient (Wildman–Crippen LogP) is 4.39. The molecule has 1 aliphatic rings. The first kappa shape index (κ1) is 18.3. The minimum Gasteiger partial charge on any atom is -0.308 e. The van der Waals surface area contributed by atoms with Crippen molar-refractivity contribution in [1.29, 1.82) is 0 Å². The van der Waals surface area contributed by atoms with Gasteiger partial charge in [0.15, 0.2) is 5.13 Å². The molecule has 1 amide bonds. The maximum atomic E-state index is 13.2. The molecule has 0 atom stereocenters. The van der Waals surface area contributed by atoms with Gasteiger partial charge in [-0.25, -0.2) is 4.98 Å². The quantitative estimate of drug-likeness (QED) is 0.794. The van der Waals surface area contributed by atoms with Gasteiger partial charge in [-0.3, -0.25) is 9.69 Å². The molecule has 0 spiro atoms. The number of likely N-dealkylation sites (N-methyl/N-ethyl adjacent to an activating group) is 1. The summed E-state index contributed by atoms with van der Waals surface area (Å²) in [6.45, 7) is 5.81. The molecule has 3 rings (SSSR count). The summed E-state index contributed by atoms with van der Waals surface area (Å²) in [6.07, 6.45) is 5.67. The average Bonchev–Trinajstić information content (AvgIpc) is 2.98. The number of nitrogens with zero attached hydrogens (tertiary/aromatic N) is 3. The molecule has 1 fully saturated rings. The van der Waals surface area contributed by atoms with Crippen LogP contribution in [-0.4, -0.2) is 43.0 Å². The highest BCUT2D eigenvalue weighted by atomic mass is 32.1. The lowest BCUT2D eigenvalue weighted by molar-refractivity contribution is -0.123. The zero-order chi connectivity index (χ0) is 18.0. The number of thiazole rings is 1. The van der Waals surface area contributed by atoms with E-state index < -0.39 is 0 Å². The Hall–Kier alpha value is -1.46. The summed E-state index contributed by atoms with van der Waals surface area (Å²) in [6, 6.07) is 4.33. The van der Waals surface area contributed by atoms with Crippen molar-refractivity contribution in [3.8, 4) is 0 Å². The highest BCUT2D eigenvalue weighted by Gasteiger charge is 2.28. The second-order valence-corrected chi connectivity index (χ2v) is 8.54. The molecular weight excluding hydrogens is 330 g/mol. The Morgan fingerprint density at radius 2 is 1.80 bits per heavy atom. The molecule has 0 N–H and O–H groups in total. The number of anilines is 1. The number of carbonyl (C=O) groups excluding carboxylic acids is 1. The molecule has 1 aliphatic carbocycles. The van der Waals surface area contributed by atoms with Gasteiger partial charge >= 0.3 is 0 Å². The average molecular weight is 360 g/mol. The lowest BCUT2D eigenvalue weighted by Crippen LogP contribution is -2.41. The maximum absolute atomic E-state index is 13.2. The number of fused-ring (bicyclic) bond motifs is 1. The minimum atomic E-state index is 0.173. The summed E-state index contributed by atoms with van der Waals surface area (Å²) < 4.78 is 1.17. The summed E-state index contributed by atoms with van der Waals surface area (Å²) in [5.74, 6) is 0.445. The van der Waals surface area contributed by atoms with Gasteiger partial charge < -0.3 is 4.90 Å². The van der Waals surface area contributed by atoms with Crippen LogP contribution in [0.4, 0.5) is 5.13 Å². The third-order valence-corrected chi connectivity index (χ3v) is 6.26. The Morgan fingerprint density at radius 3 is 2.48 bits per heavy atom. The number of amides is 1. The van der Waals surface area contributed by atoms with Crippen LogP contribution >= 0.6 is 11.3 Å². The molecule has 0 radical (unpaired) electrons. The zero-order valence-corrected chi connectivity index (χ0v) is 16.7. The SMILES string of the molecule is Cc1cc2nc(N(CCN(C)C)C(=O)C3CCCCC3)sc2cc1C. The van der Waals surface area contributed by atoms with Gasteiger partial charge in [0.2, 0.25) is 5.91 Å². The van der Waals surface area contributed by atoms with Gasteiger partial charge in [0.1, 0.15) is 0 Å². The molecule has 0 bridgehead atoms. The van der Waals surface area contributed by atoms with Gasteiger partial charge in [-0.2, -0.15) is 0 Å². The molecule has 1 aromatic heterocycles. The Balaban J connectivity index is 1.91. The van der Waals surface area contributed by atoms with Gasteiger partial charge in [0, 0.05) is 19.0 Å². The number of aromatic nitrogens is 1. The molecule has 1 saturated carbocycles. The van der Waals surface area contributed by atoms with Crippen molar-refractivity contribution >= 4 is 32.6 Å². The molecule has 1 aromatic carbocycles. The van der Waals surface area contributed by atoms with E-state index in [0.717, 1.165) is 30.0 Å². The summed E-state index contributed by atoms with van der Waals surface area (Å²) in [5.41, 5.74) is 3.54. The van der Waals surface area contributed by atoms with Crippen molar-refractivity contribution in [1.82, 2.24) is 9.88 Å². The number of aryl methyl sites for hydroxylation is 2. The fourth-order valence-electron chi connectivity index (χ4n) is 3.45. The molecular formula is C20H29N3OS. The molecule has 136 valence electrons. The Labute approximate surface area is 154 Å². The van der Waals surface area contributed by atoms with Crippen molar-refractivity contribution in [3.63, 3.8) is 0 Å². The molecule has 0 unspecified atom stereocenters. The van der Waals surface area contributed by atoms with Gasteiger partial charge in [0.05, 0.1) is 10.2 Å². The first-order chi connectivity index (χ1) is 12.0. The highest BCUT2D eigenvalue weighted by Crippen LogP contribution is 2.33.